The zero-order chi connectivity index (χ0) is 24.0. The molecular formula is C27H30N2O4S. The van der Waals surface area contributed by atoms with Crippen molar-refractivity contribution in [3.05, 3.63) is 95.6 Å². The van der Waals surface area contributed by atoms with Crippen molar-refractivity contribution in [2.45, 2.75) is 37.8 Å². The molecule has 0 spiro atoms. The molecule has 0 bridgehead atoms. The second kappa shape index (κ2) is 10.8. The highest BCUT2D eigenvalue weighted by Gasteiger charge is 2.31. The van der Waals surface area contributed by atoms with E-state index >= 15 is 0 Å². The van der Waals surface area contributed by atoms with Gasteiger partial charge in [-0.25, -0.2) is 8.42 Å². The fraction of sp³-hybridized carbons (Fsp3) is 0.296. The predicted octanol–water partition coefficient (Wildman–Crippen LogP) is 4.29. The van der Waals surface area contributed by atoms with Gasteiger partial charge in [0, 0.05) is 25.6 Å². The lowest BCUT2D eigenvalue weighted by Gasteiger charge is -2.30. The molecule has 1 aliphatic rings. The Balaban J connectivity index is 1.26. The number of piperidine rings is 1. The van der Waals surface area contributed by atoms with Crippen LogP contribution in [0.3, 0.4) is 0 Å². The summed E-state index contributed by atoms with van der Waals surface area (Å²) < 4.78 is 33.1. The molecule has 0 aliphatic carbocycles. The molecule has 6 nitrogen and oxygen atoms in total. The van der Waals surface area contributed by atoms with E-state index < -0.39 is 10.0 Å². The molecule has 0 radical (unpaired) electrons. The number of ether oxygens (including phenoxy) is 1. The highest BCUT2D eigenvalue weighted by Crippen LogP contribution is 2.24. The molecule has 1 heterocycles. The van der Waals surface area contributed by atoms with Crippen LogP contribution in [0.1, 0.15) is 29.5 Å². The average molecular weight is 479 g/mol. The Labute approximate surface area is 201 Å². The molecule has 1 saturated heterocycles. The number of rotatable bonds is 8. The van der Waals surface area contributed by atoms with Gasteiger partial charge in [-0.05, 0) is 55.2 Å². The van der Waals surface area contributed by atoms with E-state index in [1.54, 1.807) is 24.3 Å². The number of aryl methyl sites for hydroxylation is 1. The van der Waals surface area contributed by atoms with E-state index in [-0.39, 0.29) is 11.8 Å². The lowest BCUT2D eigenvalue weighted by Crippen LogP contribution is -2.42. The van der Waals surface area contributed by atoms with Gasteiger partial charge in [-0.2, -0.15) is 4.31 Å². The molecule has 3 aromatic carbocycles. The highest BCUT2D eigenvalue weighted by atomic mass is 32.2. The first-order valence-electron chi connectivity index (χ1n) is 11.5. The topological polar surface area (TPSA) is 75.7 Å². The third-order valence-electron chi connectivity index (χ3n) is 6.10. The van der Waals surface area contributed by atoms with Crippen LogP contribution in [0.2, 0.25) is 0 Å². The maximum absolute atomic E-state index is 12.9. The van der Waals surface area contributed by atoms with Crippen molar-refractivity contribution in [1.29, 1.82) is 0 Å². The van der Waals surface area contributed by atoms with Crippen molar-refractivity contribution < 1.29 is 17.9 Å². The van der Waals surface area contributed by atoms with Crippen molar-refractivity contribution >= 4 is 15.9 Å². The van der Waals surface area contributed by atoms with Gasteiger partial charge in [0.25, 0.3) is 0 Å². The monoisotopic (exact) mass is 478 g/mol. The van der Waals surface area contributed by atoms with Gasteiger partial charge in [-0.15, -0.1) is 0 Å². The Kier molecular flexibility index (Phi) is 7.65. The van der Waals surface area contributed by atoms with Crippen molar-refractivity contribution in [2.75, 3.05) is 13.1 Å². The first-order valence-corrected chi connectivity index (χ1v) is 13.0. The summed E-state index contributed by atoms with van der Waals surface area (Å²) in [5.41, 5.74) is 3.07. The van der Waals surface area contributed by atoms with Gasteiger partial charge in [0.1, 0.15) is 12.4 Å². The number of nitrogens with one attached hydrogen (secondary N) is 1. The highest BCUT2D eigenvalue weighted by molar-refractivity contribution is 7.89. The van der Waals surface area contributed by atoms with Crippen LogP contribution < -0.4 is 10.1 Å². The van der Waals surface area contributed by atoms with Gasteiger partial charge >= 0.3 is 0 Å². The summed E-state index contributed by atoms with van der Waals surface area (Å²) in [5.74, 6) is 0.523. The molecule has 1 N–H and O–H groups in total. The number of hydrogen-bond donors (Lipinski definition) is 1. The third-order valence-corrected chi connectivity index (χ3v) is 8.01. The summed E-state index contributed by atoms with van der Waals surface area (Å²) in [4.78, 5) is 13.0. The maximum Gasteiger partial charge on any atom is 0.243 e. The summed E-state index contributed by atoms with van der Waals surface area (Å²) in [6.07, 6.45) is 1.02. The molecule has 0 saturated carbocycles. The van der Waals surface area contributed by atoms with Gasteiger partial charge in [0.15, 0.2) is 0 Å². The quantitative estimate of drug-likeness (QED) is 0.524. The molecule has 4 rings (SSSR count). The number of carbonyl (C=O) groups is 1. The number of hydrogen-bond acceptors (Lipinski definition) is 4. The molecule has 1 fully saturated rings. The van der Waals surface area contributed by atoms with Crippen LogP contribution >= 0.6 is 0 Å². The van der Waals surface area contributed by atoms with Gasteiger partial charge in [-0.3, -0.25) is 4.79 Å². The van der Waals surface area contributed by atoms with Gasteiger partial charge in [0.2, 0.25) is 15.9 Å². The van der Waals surface area contributed by atoms with Crippen molar-refractivity contribution in [2.24, 2.45) is 5.92 Å². The number of benzene rings is 3. The lowest BCUT2D eigenvalue weighted by atomic mass is 9.97. The smallest absolute Gasteiger partial charge is 0.243 e. The second-order valence-electron chi connectivity index (χ2n) is 8.63. The molecule has 1 aliphatic heterocycles. The molecule has 178 valence electrons. The Morgan fingerprint density at radius 1 is 0.941 bits per heavy atom. The van der Waals surface area contributed by atoms with Crippen LogP contribution in [-0.4, -0.2) is 31.7 Å². The molecule has 3 aromatic rings. The molecular weight excluding hydrogens is 448 g/mol. The second-order valence-corrected chi connectivity index (χ2v) is 10.6. The largest absolute Gasteiger partial charge is 0.489 e. The zero-order valence-electron chi connectivity index (χ0n) is 19.3. The number of nitrogens with zero attached hydrogens (tertiary/aromatic N) is 1. The molecule has 34 heavy (non-hydrogen) atoms. The Hall–Kier alpha value is -3.16. The fourth-order valence-electron chi connectivity index (χ4n) is 4.04. The Bertz CT molecular complexity index is 1200. The summed E-state index contributed by atoms with van der Waals surface area (Å²) >= 11 is 0. The van der Waals surface area contributed by atoms with Crippen LogP contribution in [-0.2, 0) is 28.0 Å². The first-order chi connectivity index (χ1) is 16.4. The normalized spacial score (nSPS) is 15.1. The van der Waals surface area contributed by atoms with Gasteiger partial charge < -0.3 is 10.1 Å². The standard InChI is InChI=1S/C27H30N2O4S/c1-21-10-12-26(13-11-21)34(31,32)29-16-14-24(15-17-29)27(30)28-19-23-8-5-9-25(18-23)33-20-22-6-3-2-4-7-22/h2-13,18,24H,14-17,19-20H2,1H3,(H,28,30). The first kappa shape index (κ1) is 24.0. The van der Waals surface area contributed by atoms with Crippen LogP contribution in [0.4, 0.5) is 0 Å². The van der Waals surface area contributed by atoms with E-state index in [1.165, 1.54) is 4.31 Å². The van der Waals surface area contributed by atoms with Crippen LogP contribution in [0.15, 0.2) is 83.8 Å². The maximum atomic E-state index is 12.9. The van der Waals surface area contributed by atoms with Gasteiger partial charge in [0.05, 0.1) is 4.90 Å². The van der Waals surface area contributed by atoms with Crippen molar-refractivity contribution in [1.82, 2.24) is 9.62 Å². The van der Waals surface area contributed by atoms with Crippen LogP contribution in [0.25, 0.3) is 0 Å². The minimum Gasteiger partial charge on any atom is -0.489 e. The number of carbonyl (C=O) groups excluding carboxylic acids is 1. The van der Waals surface area contributed by atoms with E-state index in [9.17, 15) is 13.2 Å². The lowest BCUT2D eigenvalue weighted by molar-refractivity contribution is -0.126. The minimum atomic E-state index is -3.53. The van der Waals surface area contributed by atoms with Crippen LogP contribution in [0.5, 0.6) is 5.75 Å². The summed E-state index contributed by atoms with van der Waals surface area (Å²) in [6, 6.07) is 24.5. The van der Waals surface area contributed by atoms with E-state index in [0.717, 1.165) is 22.4 Å². The molecule has 0 unspecified atom stereocenters. The summed E-state index contributed by atoms with van der Waals surface area (Å²) in [7, 11) is -3.53. The Morgan fingerprint density at radius 2 is 1.62 bits per heavy atom. The van der Waals surface area contributed by atoms with E-state index in [0.29, 0.717) is 44.0 Å². The van der Waals surface area contributed by atoms with E-state index in [4.69, 9.17) is 4.74 Å². The SMILES string of the molecule is Cc1ccc(S(=O)(=O)N2CCC(C(=O)NCc3cccc(OCc4ccccc4)c3)CC2)cc1. The molecule has 0 aromatic heterocycles. The molecule has 7 heteroatoms. The summed E-state index contributed by atoms with van der Waals surface area (Å²) in [5, 5.41) is 3.00. The van der Waals surface area contributed by atoms with Crippen LogP contribution in [0, 0.1) is 12.8 Å². The minimum absolute atomic E-state index is 0.0389. The Morgan fingerprint density at radius 3 is 2.32 bits per heavy atom. The van der Waals surface area contributed by atoms with Crippen molar-refractivity contribution in [3.63, 3.8) is 0 Å². The van der Waals surface area contributed by atoms with E-state index in [1.807, 2.05) is 61.5 Å². The third kappa shape index (κ3) is 6.04. The molecule has 1 amide bonds. The predicted molar refractivity (Wildman–Crippen MR) is 132 cm³/mol. The summed E-state index contributed by atoms with van der Waals surface area (Å²) in [6.45, 7) is 3.51. The number of amides is 1. The van der Waals surface area contributed by atoms with Crippen molar-refractivity contribution in [3.8, 4) is 5.75 Å². The zero-order valence-corrected chi connectivity index (χ0v) is 20.1. The number of sulfonamides is 1. The van der Waals surface area contributed by atoms with Gasteiger partial charge in [-0.1, -0.05) is 60.2 Å². The fourth-order valence-corrected chi connectivity index (χ4v) is 5.51. The molecule has 0 atom stereocenters. The van der Waals surface area contributed by atoms with E-state index in [2.05, 4.69) is 5.32 Å². The average Bonchev–Trinajstić information content (AvgIpc) is 2.87.